The molecule has 3 heteroatoms. The van der Waals surface area contributed by atoms with Gasteiger partial charge in [0, 0.05) is 6.42 Å². The lowest BCUT2D eigenvalue weighted by Crippen LogP contribution is -2.25. The van der Waals surface area contributed by atoms with Crippen LogP contribution in [0.1, 0.15) is 19.8 Å². The number of thiocarbonyl (C=S) groups is 1. The molecule has 0 amide bonds. The van der Waals surface area contributed by atoms with E-state index in [4.69, 9.17) is 17.4 Å². The van der Waals surface area contributed by atoms with Crippen LogP contribution in [0.15, 0.2) is 0 Å². The van der Waals surface area contributed by atoms with Crippen LogP contribution >= 0.6 is 12.2 Å². The number of nitrogens with zero attached hydrogens (tertiary/aromatic N) is 1. The predicted molar refractivity (Wildman–Crippen MR) is 34.9 cm³/mol. The molecule has 0 radical (unpaired) electrons. The van der Waals surface area contributed by atoms with Crippen molar-refractivity contribution in [2.45, 2.75) is 25.8 Å². The molecule has 2 nitrogen and oxygen atoms in total. The average molecular weight is 131 g/mol. The summed E-state index contributed by atoms with van der Waals surface area (Å²) in [6.07, 6.45) is 1.86. The molecule has 1 saturated heterocycles. The molecule has 0 spiro atoms. The largest absolute Gasteiger partial charge is 0.288 e. The van der Waals surface area contributed by atoms with Crippen LogP contribution < -0.4 is 0 Å². The van der Waals surface area contributed by atoms with Crippen LogP contribution in [-0.2, 0) is 0 Å². The van der Waals surface area contributed by atoms with E-state index >= 15 is 0 Å². The first-order valence-corrected chi connectivity index (χ1v) is 3.13. The Bertz CT molecular complexity index is 115. The van der Waals surface area contributed by atoms with E-state index in [1.165, 1.54) is 5.06 Å². The van der Waals surface area contributed by atoms with Gasteiger partial charge >= 0.3 is 0 Å². The van der Waals surface area contributed by atoms with Gasteiger partial charge in [-0.15, -0.1) is 0 Å². The lowest BCUT2D eigenvalue weighted by molar-refractivity contribution is -0.0333. The average Bonchev–Trinajstić information content (AvgIpc) is 1.98. The highest BCUT2D eigenvalue weighted by atomic mass is 32.1. The number of hydrogen-bond donors (Lipinski definition) is 1. The first kappa shape index (κ1) is 5.98. The van der Waals surface area contributed by atoms with Crippen LogP contribution in [0.25, 0.3) is 0 Å². The standard InChI is InChI=1S/C5H9NOS/c1-4-2-3-5(8)6(4)7/h4,7H,2-3H2,1H3/t4-/m1/s1. The Hall–Kier alpha value is -0.150. The Morgan fingerprint density at radius 1 is 1.88 bits per heavy atom. The number of hydrogen-bond acceptors (Lipinski definition) is 2. The summed E-state index contributed by atoms with van der Waals surface area (Å²) in [7, 11) is 0. The van der Waals surface area contributed by atoms with Gasteiger partial charge in [-0.25, -0.2) is 5.06 Å². The molecule has 0 aromatic carbocycles. The van der Waals surface area contributed by atoms with Crippen molar-refractivity contribution in [2.75, 3.05) is 0 Å². The van der Waals surface area contributed by atoms with Gasteiger partial charge in [0.05, 0.1) is 6.04 Å². The molecule has 1 N–H and O–H groups in total. The van der Waals surface area contributed by atoms with E-state index < -0.39 is 0 Å². The van der Waals surface area contributed by atoms with Gasteiger partial charge in [-0.2, -0.15) is 0 Å². The highest BCUT2D eigenvalue weighted by molar-refractivity contribution is 7.80. The quantitative estimate of drug-likeness (QED) is 0.499. The summed E-state index contributed by atoms with van der Waals surface area (Å²) >= 11 is 4.79. The molecule has 1 aliphatic rings. The lowest BCUT2D eigenvalue weighted by Gasteiger charge is -2.12. The third-order valence-corrected chi connectivity index (χ3v) is 1.84. The van der Waals surface area contributed by atoms with E-state index in [0.29, 0.717) is 4.99 Å². The van der Waals surface area contributed by atoms with E-state index in [2.05, 4.69) is 0 Å². The molecule has 8 heavy (non-hydrogen) atoms. The molecular formula is C5H9NOS. The lowest BCUT2D eigenvalue weighted by atomic mass is 10.3. The second-order valence-electron chi connectivity index (χ2n) is 2.13. The second-order valence-corrected chi connectivity index (χ2v) is 2.60. The van der Waals surface area contributed by atoms with Crippen molar-refractivity contribution in [3.8, 4) is 0 Å². The van der Waals surface area contributed by atoms with E-state index in [1.54, 1.807) is 0 Å². The third-order valence-electron chi connectivity index (χ3n) is 1.45. The molecule has 0 aromatic heterocycles. The Kier molecular flexibility index (Phi) is 1.49. The highest BCUT2D eigenvalue weighted by Gasteiger charge is 2.21. The zero-order valence-electron chi connectivity index (χ0n) is 4.79. The van der Waals surface area contributed by atoms with Gasteiger partial charge in [-0.1, -0.05) is 12.2 Å². The maximum Gasteiger partial charge on any atom is 0.104 e. The zero-order valence-corrected chi connectivity index (χ0v) is 5.61. The predicted octanol–water partition coefficient (Wildman–Crippen LogP) is 1.19. The monoisotopic (exact) mass is 131 g/mol. The van der Waals surface area contributed by atoms with Crippen molar-refractivity contribution in [1.82, 2.24) is 5.06 Å². The fourth-order valence-electron chi connectivity index (χ4n) is 0.815. The maximum atomic E-state index is 8.96. The Labute approximate surface area is 54.1 Å². The van der Waals surface area contributed by atoms with Gasteiger partial charge in [-0.3, -0.25) is 5.21 Å². The zero-order chi connectivity index (χ0) is 6.15. The van der Waals surface area contributed by atoms with E-state index in [0.717, 1.165) is 12.8 Å². The summed E-state index contributed by atoms with van der Waals surface area (Å²) < 4.78 is 0. The normalized spacial score (nSPS) is 29.5. The molecule has 1 atom stereocenters. The third kappa shape index (κ3) is 0.833. The summed E-state index contributed by atoms with van der Waals surface area (Å²) in [6.45, 7) is 1.96. The van der Waals surface area contributed by atoms with Crippen LogP contribution in [0, 0.1) is 0 Å². The van der Waals surface area contributed by atoms with Gasteiger partial charge in [-0.05, 0) is 13.3 Å². The topological polar surface area (TPSA) is 23.5 Å². The van der Waals surface area contributed by atoms with E-state index in [-0.39, 0.29) is 6.04 Å². The van der Waals surface area contributed by atoms with Crippen molar-refractivity contribution >= 4 is 17.2 Å². The smallest absolute Gasteiger partial charge is 0.104 e. The summed E-state index contributed by atoms with van der Waals surface area (Å²) in [4.78, 5) is 0.678. The van der Waals surface area contributed by atoms with Crippen molar-refractivity contribution in [2.24, 2.45) is 0 Å². The molecule has 0 unspecified atom stereocenters. The van der Waals surface area contributed by atoms with Gasteiger partial charge < -0.3 is 0 Å². The Morgan fingerprint density at radius 3 is 2.62 bits per heavy atom. The number of hydroxylamine groups is 2. The van der Waals surface area contributed by atoms with Crippen LogP contribution in [0.5, 0.6) is 0 Å². The minimum Gasteiger partial charge on any atom is -0.288 e. The molecule has 0 bridgehead atoms. The number of rotatable bonds is 0. The van der Waals surface area contributed by atoms with Crippen LogP contribution in [-0.4, -0.2) is 21.3 Å². The molecule has 1 rings (SSSR count). The maximum absolute atomic E-state index is 8.96. The summed E-state index contributed by atoms with van der Waals surface area (Å²) in [5.41, 5.74) is 0. The van der Waals surface area contributed by atoms with Crippen LogP contribution in [0.3, 0.4) is 0 Å². The molecule has 1 heterocycles. The van der Waals surface area contributed by atoms with Crippen LogP contribution in [0.2, 0.25) is 0 Å². The minimum absolute atomic E-state index is 0.238. The van der Waals surface area contributed by atoms with E-state index in [9.17, 15) is 0 Å². The molecular weight excluding hydrogens is 122 g/mol. The summed E-state index contributed by atoms with van der Waals surface area (Å²) in [5, 5.41) is 10.1. The SMILES string of the molecule is C[C@@H]1CCC(=S)N1O. The van der Waals surface area contributed by atoms with Gasteiger partial charge in [0.15, 0.2) is 0 Å². The molecule has 0 aromatic rings. The molecule has 46 valence electrons. The Balaban J connectivity index is 2.56. The second kappa shape index (κ2) is 1.99. The van der Waals surface area contributed by atoms with Gasteiger partial charge in [0.2, 0.25) is 0 Å². The first-order valence-electron chi connectivity index (χ1n) is 2.73. The van der Waals surface area contributed by atoms with Crippen molar-refractivity contribution in [3.63, 3.8) is 0 Å². The summed E-state index contributed by atoms with van der Waals surface area (Å²) in [6, 6.07) is 0.238. The first-order chi connectivity index (χ1) is 3.72. The Morgan fingerprint density at radius 2 is 2.50 bits per heavy atom. The van der Waals surface area contributed by atoms with Crippen molar-refractivity contribution in [1.29, 1.82) is 0 Å². The highest BCUT2D eigenvalue weighted by Crippen LogP contribution is 2.15. The van der Waals surface area contributed by atoms with Gasteiger partial charge in [0.1, 0.15) is 4.99 Å². The van der Waals surface area contributed by atoms with Crippen molar-refractivity contribution < 1.29 is 5.21 Å². The fraction of sp³-hybridized carbons (Fsp3) is 0.800. The fourth-order valence-corrected chi connectivity index (χ4v) is 1.11. The van der Waals surface area contributed by atoms with Crippen LogP contribution in [0.4, 0.5) is 0 Å². The molecule has 1 fully saturated rings. The van der Waals surface area contributed by atoms with Crippen molar-refractivity contribution in [3.05, 3.63) is 0 Å². The molecule has 0 saturated carbocycles. The van der Waals surface area contributed by atoms with E-state index in [1.807, 2.05) is 6.92 Å². The van der Waals surface area contributed by atoms with Gasteiger partial charge in [0.25, 0.3) is 0 Å². The molecule has 1 aliphatic heterocycles. The minimum atomic E-state index is 0.238. The summed E-state index contributed by atoms with van der Waals surface area (Å²) in [5.74, 6) is 0. The molecule has 0 aliphatic carbocycles.